The molecule has 31 heavy (non-hydrogen) atoms. The molecule has 0 aliphatic carbocycles. The van der Waals surface area contributed by atoms with E-state index in [9.17, 15) is 9.59 Å². The van der Waals surface area contributed by atoms with Crippen molar-refractivity contribution in [3.63, 3.8) is 0 Å². The summed E-state index contributed by atoms with van der Waals surface area (Å²) >= 11 is 0. The number of carbonyl (C=O) groups is 2. The Labute approximate surface area is 181 Å². The number of hydrogen-bond donors (Lipinski definition) is 0. The normalized spacial score (nSPS) is 14.8. The van der Waals surface area contributed by atoms with E-state index in [4.69, 9.17) is 18.9 Å². The minimum atomic E-state index is -0.560. The summed E-state index contributed by atoms with van der Waals surface area (Å²) < 4.78 is 20.7. The van der Waals surface area contributed by atoms with Crippen molar-refractivity contribution in [1.29, 1.82) is 0 Å². The molecule has 162 valence electrons. The van der Waals surface area contributed by atoms with Gasteiger partial charge in [-0.25, -0.2) is 4.79 Å². The van der Waals surface area contributed by atoms with Gasteiger partial charge in [-0.2, -0.15) is 0 Å². The largest absolute Gasteiger partial charge is 0.497 e. The van der Waals surface area contributed by atoms with Gasteiger partial charge in [0.2, 0.25) is 0 Å². The first kappa shape index (κ1) is 22.0. The van der Waals surface area contributed by atoms with Crippen molar-refractivity contribution in [1.82, 2.24) is 4.90 Å². The molecule has 0 atom stereocenters. The zero-order valence-electron chi connectivity index (χ0n) is 18.2. The summed E-state index contributed by atoms with van der Waals surface area (Å²) in [6.45, 7) is 2.06. The predicted molar refractivity (Wildman–Crippen MR) is 116 cm³/mol. The Kier molecular flexibility index (Phi) is 6.65. The maximum Gasteiger partial charge on any atom is 0.340 e. The zero-order chi connectivity index (χ0) is 22.5. The molecule has 2 aromatic carbocycles. The van der Waals surface area contributed by atoms with Gasteiger partial charge in [-0.05, 0) is 48.4 Å². The second-order valence-corrected chi connectivity index (χ2v) is 6.86. The van der Waals surface area contributed by atoms with Crippen LogP contribution in [-0.4, -0.2) is 45.2 Å². The van der Waals surface area contributed by atoms with Crippen molar-refractivity contribution in [3.05, 3.63) is 70.4 Å². The molecule has 3 rings (SSSR count). The first-order chi connectivity index (χ1) is 14.9. The van der Waals surface area contributed by atoms with E-state index in [-0.39, 0.29) is 17.1 Å². The summed E-state index contributed by atoms with van der Waals surface area (Å²) in [5.74, 6) is 0.993. The van der Waals surface area contributed by atoms with Crippen molar-refractivity contribution in [3.8, 4) is 17.2 Å². The number of carbonyl (C=O) groups excluding carboxylic acids is 2. The van der Waals surface area contributed by atoms with Crippen LogP contribution in [0.4, 0.5) is 0 Å². The summed E-state index contributed by atoms with van der Waals surface area (Å²) in [5.41, 5.74) is 2.66. The molecule has 2 aromatic rings. The SMILES string of the molecule is COC(=O)C1=C(C)N(Cc2ccc(OC)cc2)C(=O)/C1=C\c1ccc(OC)c(OC)c1. The summed E-state index contributed by atoms with van der Waals surface area (Å²) in [7, 11) is 5.98. The lowest BCUT2D eigenvalue weighted by Crippen LogP contribution is -2.24. The molecule has 0 fully saturated rings. The van der Waals surface area contributed by atoms with Crippen molar-refractivity contribution < 1.29 is 28.5 Å². The van der Waals surface area contributed by atoms with E-state index in [0.29, 0.717) is 29.3 Å². The topological polar surface area (TPSA) is 74.3 Å². The molecular weight excluding hydrogens is 398 g/mol. The minimum absolute atomic E-state index is 0.246. The molecule has 0 spiro atoms. The summed E-state index contributed by atoms with van der Waals surface area (Å²) in [6, 6.07) is 12.7. The van der Waals surface area contributed by atoms with Crippen LogP contribution in [0.15, 0.2) is 59.3 Å². The highest BCUT2D eigenvalue weighted by Crippen LogP contribution is 2.34. The van der Waals surface area contributed by atoms with E-state index in [1.807, 2.05) is 24.3 Å². The van der Waals surface area contributed by atoms with E-state index in [2.05, 4.69) is 0 Å². The third kappa shape index (κ3) is 4.40. The number of methoxy groups -OCH3 is 4. The van der Waals surface area contributed by atoms with Crippen LogP contribution in [0.25, 0.3) is 6.08 Å². The molecule has 0 bridgehead atoms. The highest BCUT2D eigenvalue weighted by molar-refractivity contribution is 6.16. The van der Waals surface area contributed by atoms with Gasteiger partial charge in [0.25, 0.3) is 5.91 Å². The highest BCUT2D eigenvalue weighted by atomic mass is 16.5. The Balaban J connectivity index is 2.00. The summed E-state index contributed by atoms with van der Waals surface area (Å²) in [6.07, 6.45) is 1.66. The van der Waals surface area contributed by atoms with Gasteiger partial charge in [-0.15, -0.1) is 0 Å². The maximum atomic E-state index is 13.3. The van der Waals surface area contributed by atoms with Crippen LogP contribution < -0.4 is 14.2 Å². The molecule has 1 heterocycles. The molecule has 1 aliphatic rings. The molecule has 1 amide bonds. The average Bonchev–Trinajstić information content (AvgIpc) is 3.03. The number of esters is 1. The Morgan fingerprint density at radius 1 is 0.935 bits per heavy atom. The number of allylic oxidation sites excluding steroid dienone is 1. The van der Waals surface area contributed by atoms with E-state index >= 15 is 0 Å². The maximum absolute atomic E-state index is 13.3. The van der Waals surface area contributed by atoms with Gasteiger partial charge in [0.1, 0.15) is 5.75 Å². The third-order valence-electron chi connectivity index (χ3n) is 5.12. The standard InChI is InChI=1S/C24H25NO6/c1-15-22(24(27)31-5)19(12-17-8-11-20(29-3)21(13-17)30-4)23(26)25(15)14-16-6-9-18(28-2)10-7-16/h6-13H,14H2,1-5H3/b19-12-. The Bertz CT molecular complexity index is 1050. The molecule has 0 aromatic heterocycles. The fourth-order valence-electron chi connectivity index (χ4n) is 3.44. The van der Waals surface area contributed by atoms with Crippen LogP contribution in [0, 0.1) is 0 Å². The second-order valence-electron chi connectivity index (χ2n) is 6.86. The smallest absolute Gasteiger partial charge is 0.340 e. The van der Waals surface area contributed by atoms with Crippen molar-refractivity contribution >= 4 is 18.0 Å². The van der Waals surface area contributed by atoms with Gasteiger partial charge in [0.15, 0.2) is 11.5 Å². The van der Waals surface area contributed by atoms with E-state index < -0.39 is 5.97 Å². The van der Waals surface area contributed by atoms with Crippen molar-refractivity contribution in [2.75, 3.05) is 28.4 Å². The number of rotatable bonds is 7. The van der Waals surface area contributed by atoms with Gasteiger partial charge < -0.3 is 23.8 Å². The number of hydrogen-bond acceptors (Lipinski definition) is 6. The van der Waals surface area contributed by atoms with Crippen LogP contribution >= 0.6 is 0 Å². The molecule has 0 saturated heterocycles. The Hall–Kier alpha value is -3.74. The number of benzene rings is 2. The molecule has 7 heteroatoms. The molecule has 0 unspecified atom stereocenters. The zero-order valence-corrected chi connectivity index (χ0v) is 18.2. The Morgan fingerprint density at radius 2 is 1.61 bits per heavy atom. The van der Waals surface area contributed by atoms with Gasteiger partial charge in [0.05, 0.1) is 46.1 Å². The summed E-state index contributed by atoms with van der Waals surface area (Å²) in [5, 5.41) is 0. The quantitative estimate of drug-likeness (QED) is 0.501. The van der Waals surface area contributed by atoms with Crippen LogP contribution in [-0.2, 0) is 20.9 Å². The monoisotopic (exact) mass is 423 g/mol. The van der Waals surface area contributed by atoms with Crippen molar-refractivity contribution in [2.45, 2.75) is 13.5 Å². The van der Waals surface area contributed by atoms with E-state index in [0.717, 1.165) is 11.3 Å². The predicted octanol–water partition coefficient (Wildman–Crippen LogP) is 3.59. The molecular formula is C24H25NO6. The van der Waals surface area contributed by atoms with Crippen LogP contribution in [0.1, 0.15) is 18.1 Å². The number of nitrogens with zero attached hydrogens (tertiary/aromatic N) is 1. The summed E-state index contributed by atoms with van der Waals surface area (Å²) in [4.78, 5) is 27.4. The van der Waals surface area contributed by atoms with E-state index in [1.165, 1.54) is 14.2 Å². The van der Waals surface area contributed by atoms with Crippen LogP contribution in [0.2, 0.25) is 0 Å². The number of amides is 1. The number of ether oxygens (including phenoxy) is 4. The molecule has 7 nitrogen and oxygen atoms in total. The first-order valence-electron chi connectivity index (χ1n) is 9.61. The fraction of sp³-hybridized carbons (Fsp3) is 0.250. The lowest BCUT2D eigenvalue weighted by atomic mass is 10.0. The van der Waals surface area contributed by atoms with Crippen molar-refractivity contribution in [2.24, 2.45) is 0 Å². The van der Waals surface area contributed by atoms with Gasteiger partial charge in [0, 0.05) is 5.70 Å². The Morgan fingerprint density at radius 3 is 2.19 bits per heavy atom. The average molecular weight is 423 g/mol. The van der Waals surface area contributed by atoms with Gasteiger partial charge >= 0.3 is 5.97 Å². The van der Waals surface area contributed by atoms with Crippen LogP contribution in [0.3, 0.4) is 0 Å². The first-order valence-corrected chi connectivity index (χ1v) is 9.61. The minimum Gasteiger partial charge on any atom is -0.497 e. The second kappa shape index (κ2) is 9.38. The molecule has 0 radical (unpaired) electrons. The molecule has 0 saturated carbocycles. The van der Waals surface area contributed by atoms with Gasteiger partial charge in [-0.1, -0.05) is 18.2 Å². The molecule has 1 aliphatic heterocycles. The highest BCUT2D eigenvalue weighted by Gasteiger charge is 2.37. The van der Waals surface area contributed by atoms with Gasteiger partial charge in [-0.3, -0.25) is 4.79 Å². The lowest BCUT2D eigenvalue weighted by Gasteiger charge is -2.18. The molecule has 0 N–H and O–H groups in total. The van der Waals surface area contributed by atoms with Crippen LogP contribution in [0.5, 0.6) is 17.2 Å². The third-order valence-corrected chi connectivity index (χ3v) is 5.12. The fourth-order valence-corrected chi connectivity index (χ4v) is 3.44. The van der Waals surface area contributed by atoms with E-state index in [1.54, 1.807) is 50.3 Å². The lowest BCUT2D eigenvalue weighted by molar-refractivity contribution is -0.136.